The number of benzene rings is 7. The fourth-order valence-corrected chi connectivity index (χ4v) is 6.94. The van der Waals surface area contributed by atoms with Crippen LogP contribution in [-0.4, -0.2) is 16.2 Å². The highest BCUT2D eigenvalue weighted by molar-refractivity contribution is 6.12. The zero-order chi connectivity index (χ0) is 33.4. The summed E-state index contributed by atoms with van der Waals surface area (Å²) in [6, 6.07) is 58.3. The Hall–Kier alpha value is -6.72. The van der Waals surface area contributed by atoms with Gasteiger partial charge in [-0.25, -0.2) is 4.99 Å². The molecule has 0 unspecified atom stereocenters. The second-order valence-corrected chi connectivity index (χ2v) is 12.4. The number of nitrogens with zero attached hydrogens (tertiary/aromatic N) is 3. The van der Waals surface area contributed by atoms with Gasteiger partial charge in [-0.05, 0) is 65.2 Å². The number of amidine groups is 2. The topological polar surface area (TPSA) is 68.8 Å². The lowest BCUT2D eigenvalue weighted by molar-refractivity contribution is 0.669. The fraction of sp³-hybridized carbons (Fsp3) is 0.0222. The molecule has 0 saturated carbocycles. The molecule has 5 heteroatoms. The van der Waals surface area contributed by atoms with Gasteiger partial charge in [0, 0.05) is 38.4 Å². The number of aliphatic imine (C=N–C) groups is 2. The van der Waals surface area contributed by atoms with Crippen molar-refractivity contribution in [3.63, 3.8) is 0 Å². The Labute approximate surface area is 289 Å². The van der Waals surface area contributed by atoms with Crippen LogP contribution in [0.15, 0.2) is 184 Å². The summed E-state index contributed by atoms with van der Waals surface area (Å²) in [6.07, 6.45) is 0. The number of nitrogens with two attached hydrogens (primary N) is 1. The average Bonchev–Trinajstić information content (AvgIpc) is 3.73. The molecule has 0 bridgehead atoms. The van der Waals surface area contributed by atoms with Gasteiger partial charge in [0.15, 0.2) is 5.84 Å². The number of hydrogen-bond acceptors (Lipinski definition) is 2. The van der Waals surface area contributed by atoms with Crippen molar-refractivity contribution < 1.29 is 4.42 Å². The Kier molecular flexibility index (Phi) is 7.29. The lowest BCUT2D eigenvalue weighted by atomic mass is 10.00. The van der Waals surface area contributed by atoms with Crippen LogP contribution in [0.1, 0.15) is 16.7 Å². The minimum absolute atomic E-state index is 0.422. The van der Waals surface area contributed by atoms with E-state index in [1.165, 1.54) is 21.8 Å². The Morgan fingerprint density at radius 1 is 0.540 bits per heavy atom. The van der Waals surface area contributed by atoms with E-state index in [0.717, 1.165) is 55.4 Å². The molecule has 2 aromatic heterocycles. The van der Waals surface area contributed by atoms with E-state index < -0.39 is 0 Å². The molecule has 0 atom stereocenters. The summed E-state index contributed by atoms with van der Waals surface area (Å²) in [5.41, 5.74) is 16.7. The third-order valence-corrected chi connectivity index (χ3v) is 9.33. The van der Waals surface area contributed by atoms with Gasteiger partial charge in [0.1, 0.15) is 17.0 Å². The van der Waals surface area contributed by atoms with Crippen molar-refractivity contribution in [1.82, 2.24) is 4.57 Å². The number of furan rings is 1. The van der Waals surface area contributed by atoms with Gasteiger partial charge in [-0.1, -0.05) is 121 Å². The van der Waals surface area contributed by atoms with E-state index in [1.54, 1.807) is 0 Å². The zero-order valence-electron chi connectivity index (χ0n) is 27.2. The molecule has 238 valence electrons. The molecule has 2 heterocycles. The van der Waals surface area contributed by atoms with Crippen LogP contribution in [0.2, 0.25) is 0 Å². The lowest BCUT2D eigenvalue weighted by Crippen LogP contribution is -2.16. The third-order valence-electron chi connectivity index (χ3n) is 9.33. The van der Waals surface area contributed by atoms with E-state index >= 15 is 0 Å². The number of rotatable bonds is 6. The monoisotopic (exact) mass is 644 g/mol. The Morgan fingerprint density at radius 3 is 2.00 bits per heavy atom. The summed E-state index contributed by atoms with van der Waals surface area (Å²) in [5.74, 6) is 1.01. The molecular weight excluding hydrogens is 613 g/mol. The maximum absolute atomic E-state index is 6.49. The summed E-state index contributed by atoms with van der Waals surface area (Å²) in [4.78, 5) is 9.80. The second kappa shape index (κ2) is 12.4. The molecule has 7 aromatic carbocycles. The van der Waals surface area contributed by atoms with Crippen LogP contribution in [-0.2, 0) is 6.54 Å². The third kappa shape index (κ3) is 5.22. The van der Waals surface area contributed by atoms with Gasteiger partial charge in [-0.15, -0.1) is 0 Å². The van der Waals surface area contributed by atoms with Gasteiger partial charge < -0.3 is 14.7 Å². The normalized spacial score (nSPS) is 12.4. The molecule has 0 amide bonds. The van der Waals surface area contributed by atoms with E-state index in [-0.39, 0.29) is 0 Å². The first kappa shape index (κ1) is 29.4. The van der Waals surface area contributed by atoms with E-state index in [0.29, 0.717) is 18.2 Å². The van der Waals surface area contributed by atoms with Gasteiger partial charge in [-0.2, -0.15) is 0 Å². The van der Waals surface area contributed by atoms with E-state index in [2.05, 4.69) is 102 Å². The highest BCUT2D eigenvalue weighted by Crippen LogP contribution is 2.38. The molecule has 0 aliphatic heterocycles. The van der Waals surface area contributed by atoms with Crippen LogP contribution in [0, 0.1) is 0 Å². The van der Waals surface area contributed by atoms with Crippen LogP contribution in [0.3, 0.4) is 0 Å². The number of fused-ring (bicyclic) bond motifs is 6. The molecule has 0 spiro atoms. The van der Waals surface area contributed by atoms with Crippen molar-refractivity contribution in [1.29, 1.82) is 0 Å². The van der Waals surface area contributed by atoms with Gasteiger partial charge in [0.25, 0.3) is 0 Å². The summed E-state index contributed by atoms with van der Waals surface area (Å²) in [6.45, 7) is 0.422. The van der Waals surface area contributed by atoms with Crippen LogP contribution in [0.25, 0.3) is 60.6 Å². The van der Waals surface area contributed by atoms with E-state index in [1.807, 2.05) is 72.8 Å². The Morgan fingerprint density at radius 2 is 1.20 bits per heavy atom. The quantitative estimate of drug-likeness (QED) is 0.145. The van der Waals surface area contributed by atoms with Crippen molar-refractivity contribution in [2.24, 2.45) is 15.7 Å². The fourth-order valence-electron chi connectivity index (χ4n) is 6.94. The minimum atomic E-state index is 0.422. The van der Waals surface area contributed by atoms with Crippen LogP contribution >= 0.6 is 0 Å². The van der Waals surface area contributed by atoms with Gasteiger partial charge in [-0.3, -0.25) is 4.99 Å². The number of para-hydroxylation sites is 2. The summed E-state index contributed by atoms with van der Waals surface area (Å²) in [7, 11) is 0. The highest BCUT2D eigenvalue weighted by atomic mass is 16.3. The van der Waals surface area contributed by atoms with Gasteiger partial charge in [0.2, 0.25) is 0 Å². The Balaban J connectivity index is 1.11. The van der Waals surface area contributed by atoms with Crippen molar-refractivity contribution in [2.75, 3.05) is 0 Å². The first-order chi connectivity index (χ1) is 24.7. The smallest absolute Gasteiger partial charge is 0.157 e. The molecule has 9 aromatic rings. The van der Waals surface area contributed by atoms with Crippen molar-refractivity contribution in [3.05, 3.63) is 187 Å². The zero-order valence-corrected chi connectivity index (χ0v) is 27.2. The molecule has 0 saturated heterocycles. The predicted molar refractivity (Wildman–Crippen MR) is 207 cm³/mol. The SMILES string of the molecule is N/C(=N\C(=N/Cc1cccc2oc3cc(-c4ccc5c(c4)c4ccccc4n5-c4ccccc4)ccc3c12)c1ccccc1)c1ccccc1. The minimum Gasteiger partial charge on any atom is -0.456 e. The van der Waals surface area contributed by atoms with Gasteiger partial charge >= 0.3 is 0 Å². The van der Waals surface area contributed by atoms with Crippen molar-refractivity contribution >= 4 is 55.4 Å². The number of aromatic nitrogens is 1. The first-order valence-electron chi connectivity index (χ1n) is 16.7. The summed E-state index contributed by atoms with van der Waals surface area (Å²) < 4.78 is 8.83. The predicted octanol–water partition coefficient (Wildman–Crippen LogP) is 10.7. The average molecular weight is 645 g/mol. The molecule has 0 fully saturated rings. The molecule has 9 rings (SSSR count). The van der Waals surface area contributed by atoms with Crippen molar-refractivity contribution in [3.8, 4) is 16.8 Å². The van der Waals surface area contributed by atoms with Crippen molar-refractivity contribution in [2.45, 2.75) is 6.54 Å². The molecular formula is C45H32N4O. The molecule has 5 nitrogen and oxygen atoms in total. The molecule has 0 aliphatic rings. The van der Waals surface area contributed by atoms with E-state index in [4.69, 9.17) is 20.1 Å². The molecule has 2 N–H and O–H groups in total. The first-order valence-corrected chi connectivity index (χ1v) is 16.7. The van der Waals surface area contributed by atoms with E-state index in [9.17, 15) is 0 Å². The largest absolute Gasteiger partial charge is 0.456 e. The standard InChI is InChI=1S/C45H32N4O/c46-44(30-13-4-1-5-14-30)48-45(31-15-6-2-7-16-31)47-29-34-17-12-22-41-43(34)37-25-23-33(28-42(37)50-41)32-24-26-40-38(27-32)36-20-10-11-21-39(36)49(40)35-18-8-3-9-19-35/h1-28H,29H2,(H2,46,47,48). The summed E-state index contributed by atoms with van der Waals surface area (Å²) in [5, 5.41) is 4.57. The second-order valence-electron chi connectivity index (χ2n) is 12.4. The highest BCUT2D eigenvalue weighted by Gasteiger charge is 2.16. The molecule has 0 aliphatic carbocycles. The van der Waals surface area contributed by atoms with Crippen LogP contribution in [0.5, 0.6) is 0 Å². The lowest BCUT2D eigenvalue weighted by Gasteiger charge is -2.08. The number of hydrogen-bond donors (Lipinski definition) is 1. The Bertz CT molecular complexity index is 2720. The van der Waals surface area contributed by atoms with Gasteiger partial charge in [0.05, 0.1) is 17.6 Å². The summed E-state index contributed by atoms with van der Waals surface area (Å²) >= 11 is 0. The molecule has 0 radical (unpaired) electrons. The molecule has 50 heavy (non-hydrogen) atoms. The maximum Gasteiger partial charge on any atom is 0.157 e. The maximum atomic E-state index is 6.49. The van der Waals surface area contributed by atoms with Crippen LogP contribution in [0.4, 0.5) is 0 Å². The van der Waals surface area contributed by atoms with Crippen LogP contribution < -0.4 is 5.73 Å².